The molecule has 0 fully saturated rings. The van der Waals surface area contributed by atoms with Crippen LogP contribution in [0.3, 0.4) is 0 Å². The normalized spacial score (nSPS) is 21.2. The predicted molar refractivity (Wildman–Crippen MR) is 101 cm³/mol. The SMILES string of the molecule is CC(CCCCc1ccc(F)cc1)NCC1(CO)C=CC(O)=C(CO)C1. The summed E-state index contributed by atoms with van der Waals surface area (Å²) in [6.45, 7) is 2.48. The van der Waals surface area contributed by atoms with Gasteiger partial charge in [-0.2, -0.15) is 0 Å². The highest BCUT2D eigenvalue weighted by Gasteiger charge is 2.31. The lowest BCUT2D eigenvalue weighted by molar-refractivity contribution is 0.151. The highest BCUT2D eigenvalue weighted by Crippen LogP contribution is 2.33. The molecule has 0 aliphatic heterocycles. The second-order valence-corrected chi connectivity index (χ2v) is 7.33. The van der Waals surface area contributed by atoms with Crippen molar-refractivity contribution in [1.82, 2.24) is 5.32 Å². The topological polar surface area (TPSA) is 72.7 Å². The second kappa shape index (κ2) is 9.86. The number of aliphatic hydroxyl groups is 3. The molecular weight excluding hydrogens is 333 g/mol. The molecule has 0 saturated heterocycles. The maximum Gasteiger partial charge on any atom is 0.123 e. The molecule has 26 heavy (non-hydrogen) atoms. The van der Waals surface area contributed by atoms with Gasteiger partial charge in [-0.3, -0.25) is 0 Å². The van der Waals surface area contributed by atoms with Gasteiger partial charge in [0.2, 0.25) is 0 Å². The standard InChI is InChI=1S/C21H30FNO3/c1-16(4-2-3-5-17-6-8-19(22)9-7-17)23-14-21(15-25)11-10-20(26)18(12-21)13-24/h6-11,16,23-26H,2-5,12-15H2,1H3. The number of allylic oxidation sites excluding steroid dienone is 1. The lowest BCUT2D eigenvalue weighted by atomic mass is 9.78. The largest absolute Gasteiger partial charge is 0.508 e. The Balaban J connectivity index is 1.71. The van der Waals surface area contributed by atoms with Crippen molar-refractivity contribution in [2.45, 2.75) is 45.1 Å². The predicted octanol–water partition coefficient (Wildman–Crippen LogP) is 3.26. The van der Waals surface area contributed by atoms with E-state index in [4.69, 9.17) is 0 Å². The summed E-state index contributed by atoms with van der Waals surface area (Å²) in [5, 5.41) is 32.4. The first-order valence-electron chi connectivity index (χ1n) is 9.28. The molecule has 1 aromatic carbocycles. The summed E-state index contributed by atoms with van der Waals surface area (Å²) in [5.74, 6) is -0.0981. The molecule has 0 spiro atoms. The summed E-state index contributed by atoms with van der Waals surface area (Å²) < 4.78 is 12.9. The average molecular weight is 363 g/mol. The van der Waals surface area contributed by atoms with E-state index in [0.717, 1.165) is 31.2 Å². The highest BCUT2D eigenvalue weighted by atomic mass is 19.1. The fourth-order valence-corrected chi connectivity index (χ4v) is 3.28. The van der Waals surface area contributed by atoms with Gasteiger partial charge in [-0.05, 0) is 62.0 Å². The second-order valence-electron chi connectivity index (χ2n) is 7.33. The molecule has 2 unspecified atom stereocenters. The van der Waals surface area contributed by atoms with Crippen molar-refractivity contribution in [1.29, 1.82) is 0 Å². The van der Waals surface area contributed by atoms with Crippen molar-refractivity contribution in [3.63, 3.8) is 0 Å². The summed E-state index contributed by atoms with van der Waals surface area (Å²) in [7, 11) is 0. The quantitative estimate of drug-likeness (QED) is 0.482. The smallest absolute Gasteiger partial charge is 0.123 e. The first-order chi connectivity index (χ1) is 12.5. The molecule has 0 aromatic heterocycles. The number of benzene rings is 1. The third-order valence-corrected chi connectivity index (χ3v) is 5.10. The van der Waals surface area contributed by atoms with Crippen molar-refractivity contribution in [2.75, 3.05) is 19.8 Å². The Hall–Kier alpha value is -1.69. The van der Waals surface area contributed by atoms with Crippen LogP contribution in [0.5, 0.6) is 0 Å². The van der Waals surface area contributed by atoms with Gasteiger partial charge in [0, 0.05) is 18.0 Å². The van der Waals surface area contributed by atoms with Crippen LogP contribution in [-0.2, 0) is 6.42 Å². The summed E-state index contributed by atoms with van der Waals surface area (Å²) in [5.41, 5.74) is 1.24. The van der Waals surface area contributed by atoms with Crippen LogP contribution in [0.4, 0.5) is 4.39 Å². The monoisotopic (exact) mass is 363 g/mol. The zero-order valence-electron chi connectivity index (χ0n) is 15.4. The first-order valence-corrected chi connectivity index (χ1v) is 9.28. The van der Waals surface area contributed by atoms with Gasteiger partial charge < -0.3 is 20.6 Å². The Bertz CT molecular complexity index is 627. The molecule has 4 nitrogen and oxygen atoms in total. The van der Waals surface area contributed by atoms with Gasteiger partial charge in [0.05, 0.1) is 13.2 Å². The summed E-state index contributed by atoms with van der Waals surface area (Å²) in [6.07, 6.45) is 7.92. The van der Waals surface area contributed by atoms with Crippen molar-refractivity contribution >= 4 is 0 Å². The molecule has 0 amide bonds. The van der Waals surface area contributed by atoms with Gasteiger partial charge in [0.15, 0.2) is 0 Å². The maximum atomic E-state index is 12.9. The molecule has 4 N–H and O–H groups in total. The van der Waals surface area contributed by atoms with Crippen LogP contribution < -0.4 is 5.32 Å². The van der Waals surface area contributed by atoms with E-state index < -0.39 is 5.41 Å². The van der Waals surface area contributed by atoms with Gasteiger partial charge in [0.1, 0.15) is 11.6 Å². The van der Waals surface area contributed by atoms with Gasteiger partial charge in [-0.1, -0.05) is 24.6 Å². The van der Waals surface area contributed by atoms with Crippen molar-refractivity contribution in [3.8, 4) is 0 Å². The highest BCUT2D eigenvalue weighted by molar-refractivity contribution is 5.29. The van der Waals surface area contributed by atoms with E-state index in [1.165, 1.54) is 12.1 Å². The fourth-order valence-electron chi connectivity index (χ4n) is 3.28. The number of aryl methyl sites for hydroxylation is 1. The molecule has 0 radical (unpaired) electrons. The average Bonchev–Trinajstić information content (AvgIpc) is 2.66. The van der Waals surface area contributed by atoms with Crippen LogP contribution in [-0.4, -0.2) is 41.1 Å². The van der Waals surface area contributed by atoms with Gasteiger partial charge in [-0.15, -0.1) is 0 Å². The van der Waals surface area contributed by atoms with Crippen LogP contribution in [0.1, 0.15) is 38.2 Å². The van der Waals surface area contributed by atoms with E-state index >= 15 is 0 Å². The molecule has 1 aliphatic carbocycles. The minimum absolute atomic E-state index is 0.0371. The van der Waals surface area contributed by atoms with Gasteiger partial charge in [0.25, 0.3) is 0 Å². The fraction of sp³-hybridized carbons (Fsp3) is 0.524. The first kappa shape index (κ1) is 20.6. The van der Waals surface area contributed by atoms with E-state index in [9.17, 15) is 19.7 Å². The molecular formula is C21H30FNO3. The molecule has 2 rings (SSSR count). The van der Waals surface area contributed by atoms with E-state index in [1.54, 1.807) is 6.08 Å². The van der Waals surface area contributed by atoms with E-state index in [2.05, 4.69) is 12.2 Å². The number of hydrogen-bond donors (Lipinski definition) is 4. The lowest BCUT2D eigenvalue weighted by Gasteiger charge is -2.33. The number of nitrogens with one attached hydrogen (secondary N) is 1. The molecule has 0 heterocycles. The van der Waals surface area contributed by atoms with Crippen molar-refractivity contribution in [2.24, 2.45) is 5.41 Å². The zero-order chi connectivity index (χ0) is 19.0. The van der Waals surface area contributed by atoms with Crippen LogP contribution >= 0.6 is 0 Å². The minimum atomic E-state index is -0.479. The molecule has 0 bridgehead atoms. The minimum Gasteiger partial charge on any atom is -0.508 e. The number of halogens is 1. The Labute approximate surface area is 155 Å². The Morgan fingerprint density at radius 1 is 1.19 bits per heavy atom. The Kier molecular flexibility index (Phi) is 7.82. The zero-order valence-corrected chi connectivity index (χ0v) is 15.4. The van der Waals surface area contributed by atoms with Crippen LogP contribution in [0.25, 0.3) is 0 Å². The maximum absolute atomic E-state index is 12.9. The van der Waals surface area contributed by atoms with Crippen molar-refractivity contribution < 1.29 is 19.7 Å². The molecule has 1 aliphatic rings. The molecule has 0 saturated carbocycles. The summed E-state index contributed by atoms with van der Waals surface area (Å²) in [6, 6.07) is 6.96. The van der Waals surface area contributed by atoms with Crippen LogP contribution in [0.2, 0.25) is 0 Å². The Morgan fingerprint density at radius 3 is 2.58 bits per heavy atom. The van der Waals surface area contributed by atoms with Crippen LogP contribution in [0.15, 0.2) is 47.7 Å². The third kappa shape index (κ3) is 5.94. The number of rotatable bonds is 10. The summed E-state index contributed by atoms with van der Waals surface area (Å²) in [4.78, 5) is 0. The molecule has 1 aromatic rings. The van der Waals surface area contributed by atoms with Crippen LogP contribution in [0, 0.1) is 11.2 Å². The van der Waals surface area contributed by atoms with Gasteiger partial charge in [-0.25, -0.2) is 4.39 Å². The Morgan fingerprint density at radius 2 is 1.92 bits per heavy atom. The van der Waals surface area contributed by atoms with E-state index in [0.29, 0.717) is 24.6 Å². The molecule has 2 atom stereocenters. The lowest BCUT2D eigenvalue weighted by Crippen LogP contribution is -2.41. The number of unbranched alkanes of at least 4 members (excludes halogenated alkanes) is 1. The summed E-state index contributed by atoms with van der Waals surface area (Å²) >= 11 is 0. The van der Waals surface area contributed by atoms with E-state index in [-0.39, 0.29) is 24.8 Å². The number of aliphatic hydroxyl groups excluding tert-OH is 3. The third-order valence-electron chi connectivity index (χ3n) is 5.10. The molecule has 144 valence electrons. The van der Waals surface area contributed by atoms with E-state index in [1.807, 2.05) is 18.2 Å². The van der Waals surface area contributed by atoms with Crippen molar-refractivity contribution in [3.05, 3.63) is 59.1 Å². The molecule has 5 heteroatoms. The number of hydrogen-bond acceptors (Lipinski definition) is 4. The van der Waals surface area contributed by atoms with Gasteiger partial charge >= 0.3 is 0 Å².